The van der Waals surface area contributed by atoms with Crippen molar-refractivity contribution in [2.75, 3.05) is 0 Å². The second-order valence-electron chi connectivity index (χ2n) is 4.10. The number of thiophene rings is 1. The quantitative estimate of drug-likeness (QED) is 0.860. The molecule has 3 rings (SSSR count). The highest BCUT2D eigenvalue weighted by molar-refractivity contribution is 7.09. The Bertz CT molecular complexity index is 474. The molecule has 0 amide bonds. The molecule has 0 saturated carbocycles. The van der Waals surface area contributed by atoms with Gasteiger partial charge < -0.3 is 5.73 Å². The van der Waals surface area contributed by atoms with Gasteiger partial charge in [0.05, 0.1) is 0 Å². The second kappa shape index (κ2) is 3.99. The van der Waals surface area contributed by atoms with E-state index in [1.807, 2.05) is 4.68 Å². The van der Waals surface area contributed by atoms with Crippen LogP contribution in [0.1, 0.15) is 35.5 Å². The molecule has 0 spiro atoms. The summed E-state index contributed by atoms with van der Waals surface area (Å²) in [6, 6.07) is 4.17. The van der Waals surface area contributed by atoms with Crippen molar-refractivity contribution in [2.24, 2.45) is 5.73 Å². The maximum atomic E-state index is 6.00. The highest BCUT2D eigenvalue weighted by atomic mass is 32.1. The normalized spacial score (nSPS) is 19.7. The molecule has 4 nitrogen and oxygen atoms in total. The monoisotopic (exact) mass is 234 g/mol. The molecular weight excluding hydrogens is 220 g/mol. The van der Waals surface area contributed by atoms with Gasteiger partial charge in [0.15, 0.2) is 5.82 Å². The Morgan fingerprint density at radius 1 is 1.56 bits per heavy atom. The van der Waals surface area contributed by atoms with Crippen LogP contribution in [0.3, 0.4) is 0 Å². The molecule has 0 bridgehead atoms. The average Bonchev–Trinajstić information content (AvgIpc) is 2.88. The molecule has 2 aromatic rings. The lowest BCUT2D eigenvalue weighted by Crippen LogP contribution is -2.25. The van der Waals surface area contributed by atoms with Crippen LogP contribution < -0.4 is 5.73 Å². The summed E-state index contributed by atoms with van der Waals surface area (Å²) >= 11 is 1.74. The van der Waals surface area contributed by atoms with Crippen LogP contribution in [-0.2, 0) is 12.8 Å². The van der Waals surface area contributed by atoms with E-state index in [-0.39, 0.29) is 6.17 Å². The maximum Gasteiger partial charge on any atom is 0.156 e. The minimum absolute atomic E-state index is 0.0216. The van der Waals surface area contributed by atoms with Gasteiger partial charge in [0.1, 0.15) is 12.0 Å². The predicted molar refractivity (Wildman–Crippen MR) is 63.3 cm³/mol. The van der Waals surface area contributed by atoms with Crippen LogP contribution in [0.4, 0.5) is 0 Å². The molecule has 84 valence electrons. The summed E-state index contributed by atoms with van der Waals surface area (Å²) in [7, 11) is 0. The van der Waals surface area contributed by atoms with Gasteiger partial charge >= 0.3 is 0 Å². The van der Waals surface area contributed by atoms with Crippen LogP contribution in [0.15, 0.2) is 17.5 Å². The SMILES string of the molecule is NC1CCCc2nc(Cc3cccs3)nn21. The van der Waals surface area contributed by atoms with Crippen LogP contribution in [0.2, 0.25) is 0 Å². The molecule has 1 atom stereocenters. The first kappa shape index (κ1) is 9.99. The molecule has 1 unspecified atom stereocenters. The van der Waals surface area contributed by atoms with E-state index in [2.05, 4.69) is 27.6 Å². The van der Waals surface area contributed by atoms with Gasteiger partial charge in [-0.25, -0.2) is 9.67 Å². The number of aromatic nitrogens is 3. The van der Waals surface area contributed by atoms with Crippen molar-refractivity contribution in [1.29, 1.82) is 0 Å². The molecule has 16 heavy (non-hydrogen) atoms. The molecule has 1 aliphatic rings. The Labute approximate surface area is 98.1 Å². The summed E-state index contributed by atoms with van der Waals surface area (Å²) in [4.78, 5) is 5.86. The second-order valence-corrected chi connectivity index (χ2v) is 5.14. The summed E-state index contributed by atoms with van der Waals surface area (Å²) in [6.45, 7) is 0. The minimum atomic E-state index is 0.0216. The van der Waals surface area contributed by atoms with Crippen molar-refractivity contribution in [3.63, 3.8) is 0 Å². The van der Waals surface area contributed by atoms with Crippen LogP contribution >= 0.6 is 11.3 Å². The molecule has 0 radical (unpaired) electrons. The summed E-state index contributed by atoms with van der Waals surface area (Å²) in [5.74, 6) is 1.94. The molecule has 5 heteroatoms. The summed E-state index contributed by atoms with van der Waals surface area (Å²) in [5.41, 5.74) is 6.00. The van der Waals surface area contributed by atoms with E-state index in [1.54, 1.807) is 11.3 Å². The zero-order chi connectivity index (χ0) is 11.0. The first-order valence-electron chi connectivity index (χ1n) is 5.55. The molecule has 2 N–H and O–H groups in total. The number of hydrogen-bond acceptors (Lipinski definition) is 4. The van der Waals surface area contributed by atoms with Crippen molar-refractivity contribution >= 4 is 11.3 Å². The van der Waals surface area contributed by atoms with Crippen molar-refractivity contribution in [3.8, 4) is 0 Å². The summed E-state index contributed by atoms with van der Waals surface area (Å²) in [5, 5.41) is 6.57. The Hall–Kier alpha value is -1.20. The lowest BCUT2D eigenvalue weighted by Gasteiger charge is -2.18. The standard InChI is InChI=1S/C11H14N4S/c12-9-4-1-5-11-13-10(14-15(9)11)7-8-3-2-6-16-8/h2-3,6,9H,1,4-5,7,12H2. The van der Waals surface area contributed by atoms with Gasteiger partial charge in [0.25, 0.3) is 0 Å². The van der Waals surface area contributed by atoms with Gasteiger partial charge in [-0.1, -0.05) is 6.07 Å². The molecule has 0 fully saturated rings. The smallest absolute Gasteiger partial charge is 0.156 e. The van der Waals surface area contributed by atoms with Crippen LogP contribution in [0.25, 0.3) is 0 Å². The number of hydrogen-bond donors (Lipinski definition) is 1. The minimum Gasteiger partial charge on any atom is -0.310 e. The Morgan fingerprint density at radius 2 is 2.50 bits per heavy atom. The first-order valence-corrected chi connectivity index (χ1v) is 6.43. The zero-order valence-electron chi connectivity index (χ0n) is 8.97. The van der Waals surface area contributed by atoms with Crippen molar-refractivity contribution in [3.05, 3.63) is 34.0 Å². The van der Waals surface area contributed by atoms with E-state index in [9.17, 15) is 0 Å². The van der Waals surface area contributed by atoms with Gasteiger partial charge in [-0.05, 0) is 24.3 Å². The number of nitrogens with two attached hydrogens (primary N) is 1. The zero-order valence-corrected chi connectivity index (χ0v) is 9.78. The van der Waals surface area contributed by atoms with Crippen LogP contribution in [0.5, 0.6) is 0 Å². The third-order valence-electron chi connectivity index (χ3n) is 2.87. The number of fused-ring (bicyclic) bond motifs is 1. The van der Waals surface area contributed by atoms with E-state index in [0.717, 1.165) is 37.3 Å². The Morgan fingerprint density at radius 3 is 3.25 bits per heavy atom. The van der Waals surface area contributed by atoms with Crippen molar-refractivity contribution in [2.45, 2.75) is 31.8 Å². The van der Waals surface area contributed by atoms with E-state index in [4.69, 9.17) is 5.73 Å². The predicted octanol–water partition coefficient (Wildman–Crippen LogP) is 1.72. The molecule has 2 aromatic heterocycles. The fourth-order valence-electron chi connectivity index (χ4n) is 2.08. The maximum absolute atomic E-state index is 6.00. The van der Waals surface area contributed by atoms with Crippen LogP contribution in [-0.4, -0.2) is 14.8 Å². The number of aryl methyl sites for hydroxylation is 1. The fourth-order valence-corrected chi connectivity index (χ4v) is 2.78. The Kier molecular flexibility index (Phi) is 2.49. The lowest BCUT2D eigenvalue weighted by atomic mass is 10.1. The molecule has 0 saturated heterocycles. The van der Waals surface area contributed by atoms with E-state index < -0.39 is 0 Å². The van der Waals surface area contributed by atoms with E-state index >= 15 is 0 Å². The van der Waals surface area contributed by atoms with Gasteiger partial charge in [-0.2, -0.15) is 5.10 Å². The fraction of sp³-hybridized carbons (Fsp3) is 0.455. The molecule has 3 heterocycles. The topological polar surface area (TPSA) is 56.7 Å². The van der Waals surface area contributed by atoms with Gasteiger partial charge in [-0.3, -0.25) is 0 Å². The largest absolute Gasteiger partial charge is 0.310 e. The number of rotatable bonds is 2. The molecular formula is C11H14N4S. The van der Waals surface area contributed by atoms with Crippen molar-refractivity contribution in [1.82, 2.24) is 14.8 Å². The highest BCUT2D eigenvalue weighted by Crippen LogP contribution is 2.20. The highest BCUT2D eigenvalue weighted by Gasteiger charge is 2.19. The average molecular weight is 234 g/mol. The Balaban J connectivity index is 1.87. The number of nitrogens with zero attached hydrogens (tertiary/aromatic N) is 3. The van der Waals surface area contributed by atoms with Gasteiger partial charge in [0.2, 0.25) is 0 Å². The summed E-state index contributed by atoms with van der Waals surface area (Å²) in [6.07, 6.45) is 3.98. The third kappa shape index (κ3) is 1.76. The molecule has 1 aliphatic heterocycles. The van der Waals surface area contributed by atoms with Gasteiger partial charge in [-0.15, -0.1) is 11.3 Å². The first-order chi connectivity index (χ1) is 7.83. The lowest BCUT2D eigenvalue weighted by molar-refractivity contribution is 0.371. The summed E-state index contributed by atoms with van der Waals surface area (Å²) < 4.78 is 1.90. The van der Waals surface area contributed by atoms with E-state index in [0.29, 0.717) is 0 Å². The van der Waals surface area contributed by atoms with Crippen molar-refractivity contribution < 1.29 is 0 Å². The van der Waals surface area contributed by atoms with E-state index in [1.165, 1.54) is 4.88 Å². The van der Waals surface area contributed by atoms with Gasteiger partial charge in [0, 0.05) is 17.7 Å². The van der Waals surface area contributed by atoms with Crippen LogP contribution in [0, 0.1) is 0 Å². The molecule has 0 aliphatic carbocycles. The third-order valence-corrected chi connectivity index (χ3v) is 3.75. The molecule has 0 aromatic carbocycles.